The lowest BCUT2D eigenvalue weighted by Gasteiger charge is -2.19. The van der Waals surface area contributed by atoms with Gasteiger partial charge < -0.3 is 15.0 Å². The highest BCUT2D eigenvalue weighted by Crippen LogP contribution is 2.27. The highest BCUT2D eigenvalue weighted by Gasteiger charge is 2.27. The van der Waals surface area contributed by atoms with Crippen molar-refractivity contribution in [2.75, 3.05) is 38.2 Å². The van der Waals surface area contributed by atoms with E-state index in [0.717, 1.165) is 37.4 Å². The first-order valence-electron chi connectivity index (χ1n) is 7.14. The van der Waals surface area contributed by atoms with Crippen LogP contribution in [0.15, 0.2) is 24.3 Å². The Kier molecular flexibility index (Phi) is 5.33. The van der Waals surface area contributed by atoms with Crippen LogP contribution < -0.4 is 15.0 Å². The van der Waals surface area contributed by atoms with Gasteiger partial charge in [0.05, 0.1) is 13.7 Å². The van der Waals surface area contributed by atoms with Crippen LogP contribution in [0.25, 0.3) is 0 Å². The molecule has 118 valence electrons. The number of anilines is 1. The molecule has 0 aliphatic carbocycles. The van der Waals surface area contributed by atoms with Gasteiger partial charge in [-0.2, -0.15) is 13.2 Å². The van der Waals surface area contributed by atoms with Crippen LogP contribution in [0.1, 0.15) is 12.8 Å². The maximum atomic E-state index is 12.0. The number of alkyl halides is 3. The molecule has 3 nitrogen and oxygen atoms in total. The Morgan fingerprint density at radius 3 is 2.62 bits per heavy atom. The Bertz CT molecular complexity index is 434. The molecule has 0 spiro atoms. The monoisotopic (exact) mass is 302 g/mol. The van der Waals surface area contributed by atoms with Crippen LogP contribution >= 0.6 is 0 Å². The summed E-state index contributed by atoms with van der Waals surface area (Å²) in [6.07, 6.45) is -2.31. The molecule has 1 unspecified atom stereocenters. The molecule has 1 fully saturated rings. The van der Waals surface area contributed by atoms with Gasteiger partial charge >= 0.3 is 6.18 Å². The summed E-state index contributed by atoms with van der Waals surface area (Å²) < 4.78 is 41.2. The molecule has 1 aliphatic rings. The number of benzene rings is 1. The molecule has 0 bridgehead atoms. The average Bonchev–Trinajstić information content (AvgIpc) is 2.91. The third kappa shape index (κ3) is 5.12. The number of rotatable bonds is 6. The first-order valence-corrected chi connectivity index (χ1v) is 7.14. The van der Waals surface area contributed by atoms with Gasteiger partial charge in [0.1, 0.15) is 5.75 Å². The van der Waals surface area contributed by atoms with Crippen molar-refractivity contribution in [2.45, 2.75) is 19.0 Å². The van der Waals surface area contributed by atoms with E-state index in [2.05, 4.69) is 10.2 Å². The van der Waals surface area contributed by atoms with E-state index in [0.29, 0.717) is 12.5 Å². The summed E-state index contributed by atoms with van der Waals surface area (Å²) in [6.45, 7) is 1.37. The molecule has 1 heterocycles. The maximum absolute atomic E-state index is 12.0. The molecule has 2 rings (SSSR count). The van der Waals surface area contributed by atoms with Crippen LogP contribution in [0.4, 0.5) is 18.9 Å². The lowest BCUT2D eigenvalue weighted by atomic mass is 10.1. The van der Waals surface area contributed by atoms with Crippen molar-refractivity contribution in [1.82, 2.24) is 5.32 Å². The highest BCUT2D eigenvalue weighted by molar-refractivity contribution is 5.49. The van der Waals surface area contributed by atoms with E-state index in [1.807, 2.05) is 24.3 Å². The number of nitrogens with one attached hydrogen (secondary N) is 1. The van der Waals surface area contributed by atoms with Gasteiger partial charge in [0, 0.05) is 18.8 Å². The predicted octanol–water partition coefficient (Wildman–Crippen LogP) is 3.06. The summed E-state index contributed by atoms with van der Waals surface area (Å²) in [6, 6.07) is 7.88. The summed E-state index contributed by atoms with van der Waals surface area (Å²) in [7, 11) is 1.63. The molecular formula is C15H21F3N2O. The first-order chi connectivity index (χ1) is 9.98. The van der Waals surface area contributed by atoms with E-state index in [-0.39, 0.29) is 0 Å². The molecule has 1 aromatic rings. The average molecular weight is 302 g/mol. The third-order valence-electron chi connectivity index (χ3n) is 3.78. The van der Waals surface area contributed by atoms with E-state index >= 15 is 0 Å². The van der Waals surface area contributed by atoms with E-state index in [4.69, 9.17) is 4.74 Å². The second kappa shape index (κ2) is 7.02. The Morgan fingerprint density at radius 1 is 1.29 bits per heavy atom. The zero-order valence-corrected chi connectivity index (χ0v) is 12.1. The first kappa shape index (κ1) is 15.9. The molecule has 0 radical (unpaired) electrons. The van der Waals surface area contributed by atoms with Gasteiger partial charge in [-0.15, -0.1) is 0 Å². The number of nitrogens with zero attached hydrogens (tertiary/aromatic N) is 1. The van der Waals surface area contributed by atoms with Crippen molar-refractivity contribution in [2.24, 2.45) is 5.92 Å². The van der Waals surface area contributed by atoms with Gasteiger partial charge in [-0.1, -0.05) is 0 Å². The molecule has 21 heavy (non-hydrogen) atoms. The van der Waals surface area contributed by atoms with Crippen molar-refractivity contribution in [3.63, 3.8) is 0 Å². The second-order valence-corrected chi connectivity index (χ2v) is 5.38. The van der Waals surface area contributed by atoms with Gasteiger partial charge in [0.2, 0.25) is 0 Å². The quantitative estimate of drug-likeness (QED) is 0.817. The van der Waals surface area contributed by atoms with Gasteiger partial charge in [0.15, 0.2) is 0 Å². The molecule has 1 aromatic carbocycles. The van der Waals surface area contributed by atoms with E-state index < -0.39 is 12.7 Å². The largest absolute Gasteiger partial charge is 0.497 e. The van der Waals surface area contributed by atoms with Crippen LogP contribution in [0.5, 0.6) is 5.75 Å². The number of methoxy groups -OCH3 is 1. The van der Waals surface area contributed by atoms with Gasteiger partial charge in [-0.25, -0.2) is 0 Å². The molecule has 0 saturated carbocycles. The van der Waals surface area contributed by atoms with Crippen LogP contribution in [-0.2, 0) is 0 Å². The zero-order valence-electron chi connectivity index (χ0n) is 12.1. The van der Waals surface area contributed by atoms with Gasteiger partial charge in [0.25, 0.3) is 0 Å². The second-order valence-electron chi connectivity index (χ2n) is 5.38. The molecule has 1 N–H and O–H groups in total. The fourth-order valence-electron chi connectivity index (χ4n) is 2.63. The third-order valence-corrected chi connectivity index (χ3v) is 3.78. The molecule has 1 aliphatic heterocycles. The van der Waals surface area contributed by atoms with Crippen molar-refractivity contribution in [3.05, 3.63) is 24.3 Å². The van der Waals surface area contributed by atoms with Crippen LogP contribution in [0.2, 0.25) is 0 Å². The van der Waals surface area contributed by atoms with E-state index in [1.165, 1.54) is 0 Å². The maximum Gasteiger partial charge on any atom is 0.401 e. The molecule has 0 amide bonds. The SMILES string of the molecule is COc1ccc(N2CCC(CCNCC(F)(F)F)C2)cc1. The van der Waals surface area contributed by atoms with E-state index in [9.17, 15) is 13.2 Å². The fraction of sp³-hybridized carbons (Fsp3) is 0.600. The molecule has 1 atom stereocenters. The summed E-state index contributed by atoms with van der Waals surface area (Å²) >= 11 is 0. The zero-order chi connectivity index (χ0) is 15.3. The highest BCUT2D eigenvalue weighted by atomic mass is 19.4. The summed E-state index contributed by atoms with van der Waals surface area (Å²) in [5.41, 5.74) is 1.14. The normalized spacial score (nSPS) is 19.0. The molecule has 1 saturated heterocycles. The lowest BCUT2D eigenvalue weighted by molar-refractivity contribution is -0.124. The summed E-state index contributed by atoms with van der Waals surface area (Å²) in [4.78, 5) is 2.27. The number of hydrogen-bond donors (Lipinski definition) is 1. The van der Waals surface area contributed by atoms with Gasteiger partial charge in [-0.05, 0) is 49.6 Å². The Balaban J connectivity index is 1.73. The number of hydrogen-bond acceptors (Lipinski definition) is 3. The van der Waals surface area contributed by atoms with Crippen molar-refractivity contribution < 1.29 is 17.9 Å². The van der Waals surface area contributed by atoms with Crippen molar-refractivity contribution in [1.29, 1.82) is 0 Å². The van der Waals surface area contributed by atoms with Crippen molar-refractivity contribution in [3.8, 4) is 5.75 Å². The molecular weight excluding hydrogens is 281 g/mol. The minimum atomic E-state index is -4.12. The van der Waals surface area contributed by atoms with Crippen LogP contribution in [-0.4, -0.2) is 39.5 Å². The Labute approximate surface area is 123 Å². The Hall–Kier alpha value is -1.43. The summed E-state index contributed by atoms with van der Waals surface area (Å²) in [5.74, 6) is 1.28. The Morgan fingerprint density at radius 2 is 2.00 bits per heavy atom. The predicted molar refractivity (Wildman–Crippen MR) is 76.9 cm³/mol. The molecule has 6 heteroatoms. The number of ether oxygens (including phenoxy) is 1. The van der Waals surface area contributed by atoms with Gasteiger partial charge in [-0.3, -0.25) is 0 Å². The molecule has 0 aromatic heterocycles. The topological polar surface area (TPSA) is 24.5 Å². The van der Waals surface area contributed by atoms with E-state index in [1.54, 1.807) is 7.11 Å². The standard InChI is InChI=1S/C15H21F3N2O/c1-21-14-4-2-13(3-5-14)20-9-7-12(10-20)6-8-19-11-15(16,17)18/h2-5,12,19H,6-11H2,1H3. The fourth-order valence-corrected chi connectivity index (χ4v) is 2.63. The number of halogens is 3. The van der Waals surface area contributed by atoms with Crippen LogP contribution in [0.3, 0.4) is 0 Å². The smallest absolute Gasteiger partial charge is 0.401 e. The van der Waals surface area contributed by atoms with Crippen molar-refractivity contribution >= 4 is 5.69 Å². The van der Waals surface area contributed by atoms with Crippen LogP contribution in [0, 0.1) is 5.92 Å². The summed E-state index contributed by atoms with van der Waals surface area (Å²) in [5, 5.41) is 2.46. The lowest BCUT2D eigenvalue weighted by Crippen LogP contribution is -2.30. The minimum absolute atomic E-state index is 0.417. The minimum Gasteiger partial charge on any atom is -0.497 e.